The van der Waals surface area contributed by atoms with Crippen LogP contribution in [-0.2, 0) is 29.3 Å². The van der Waals surface area contributed by atoms with Gasteiger partial charge in [0.2, 0.25) is 11.8 Å². The number of ether oxygens (including phenoxy) is 2. The maximum Gasteiger partial charge on any atom is 0.246 e. The molecule has 2 rings (SSSR count). The second-order valence-corrected chi connectivity index (χ2v) is 9.94. The quantitative estimate of drug-likeness (QED) is 0.274. The lowest BCUT2D eigenvalue weighted by Crippen LogP contribution is -2.48. The van der Waals surface area contributed by atoms with Gasteiger partial charge in [0.05, 0.1) is 18.6 Å². The van der Waals surface area contributed by atoms with Gasteiger partial charge in [-0.25, -0.2) is 0 Å². The van der Waals surface area contributed by atoms with E-state index in [-0.39, 0.29) is 36.4 Å². The van der Waals surface area contributed by atoms with Crippen molar-refractivity contribution < 1.29 is 23.9 Å². The van der Waals surface area contributed by atoms with Gasteiger partial charge in [0.25, 0.3) is 0 Å². The number of nitrogens with one attached hydrogen (secondary N) is 2. The monoisotopic (exact) mass is 496 g/mol. The first-order chi connectivity index (χ1) is 17.2. The van der Waals surface area contributed by atoms with Crippen LogP contribution in [0.15, 0.2) is 60.7 Å². The third-order valence-electron chi connectivity index (χ3n) is 6.14. The molecule has 0 saturated carbocycles. The van der Waals surface area contributed by atoms with Crippen LogP contribution in [-0.4, -0.2) is 57.6 Å². The average molecular weight is 497 g/mol. The molecule has 0 aliphatic rings. The van der Waals surface area contributed by atoms with E-state index in [2.05, 4.69) is 24.5 Å². The van der Waals surface area contributed by atoms with Crippen LogP contribution in [0.1, 0.15) is 45.2 Å². The third-order valence-corrected chi connectivity index (χ3v) is 6.14. The second kappa shape index (κ2) is 14.5. The molecule has 2 N–H and O–H groups in total. The van der Waals surface area contributed by atoms with E-state index in [1.54, 1.807) is 0 Å². The molecule has 1 unspecified atom stereocenters. The summed E-state index contributed by atoms with van der Waals surface area (Å²) in [5.41, 5.74) is 0.880. The molecule has 196 valence electrons. The van der Waals surface area contributed by atoms with Gasteiger partial charge in [-0.1, -0.05) is 88.4 Å². The number of carbonyl (C=O) groups is 3. The number of rotatable bonds is 16. The molecule has 7 nitrogen and oxygen atoms in total. The van der Waals surface area contributed by atoms with Gasteiger partial charge in [-0.15, -0.1) is 0 Å². The molecule has 2 aromatic carbocycles. The number of hydrogen-bond acceptors (Lipinski definition) is 5. The number of carbonyl (C=O) groups excluding carboxylic acids is 3. The summed E-state index contributed by atoms with van der Waals surface area (Å²) in [6, 6.07) is 19.8. The molecule has 2 aromatic rings. The molecule has 0 saturated heterocycles. The highest BCUT2D eigenvalue weighted by atomic mass is 16.5. The van der Waals surface area contributed by atoms with Crippen LogP contribution in [0.5, 0.6) is 0 Å². The van der Waals surface area contributed by atoms with E-state index in [4.69, 9.17) is 9.47 Å². The molecule has 0 aromatic heterocycles. The molecule has 7 heteroatoms. The van der Waals surface area contributed by atoms with Crippen molar-refractivity contribution in [3.63, 3.8) is 0 Å². The van der Waals surface area contributed by atoms with E-state index in [1.165, 1.54) is 0 Å². The van der Waals surface area contributed by atoms with Crippen molar-refractivity contribution in [3.05, 3.63) is 71.8 Å². The number of hydrogen-bond donors (Lipinski definition) is 2. The maximum atomic E-state index is 13.7. The molecule has 2 amide bonds. The molecule has 0 aliphatic heterocycles. The maximum absolute atomic E-state index is 13.7. The Bertz CT molecular complexity index is 907. The zero-order chi connectivity index (χ0) is 26.4. The molecule has 36 heavy (non-hydrogen) atoms. The fourth-order valence-electron chi connectivity index (χ4n) is 4.10. The standard InChI is InChI=1S/C29H40N2O5/c1-5-29(24-12-8-6-9-13-24,25-14-10-7-11-15-25)27(34)31-21-28(3,4)22-36-19-23(2)18-30-26(33)20-35-17-16-32/h6-16,23H,5,17-22H2,1-4H3,(H,30,33)(H,31,34). The van der Waals surface area contributed by atoms with E-state index < -0.39 is 5.41 Å². The van der Waals surface area contributed by atoms with Gasteiger partial charge in [-0.05, 0) is 23.5 Å². The summed E-state index contributed by atoms with van der Waals surface area (Å²) in [6.45, 7) is 9.77. The first-order valence-corrected chi connectivity index (χ1v) is 12.5. The van der Waals surface area contributed by atoms with Crippen LogP contribution < -0.4 is 10.6 Å². The van der Waals surface area contributed by atoms with Gasteiger partial charge >= 0.3 is 0 Å². The Hall–Kier alpha value is -3.03. The molecule has 1 atom stereocenters. The average Bonchev–Trinajstić information content (AvgIpc) is 2.88. The van der Waals surface area contributed by atoms with Crippen molar-refractivity contribution in [3.8, 4) is 0 Å². The summed E-state index contributed by atoms with van der Waals surface area (Å²) >= 11 is 0. The summed E-state index contributed by atoms with van der Waals surface area (Å²) in [6.07, 6.45) is 1.24. The van der Waals surface area contributed by atoms with Gasteiger partial charge in [0.1, 0.15) is 19.5 Å². The van der Waals surface area contributed by atoms with Gasteiger partial charge < -0.3 is 24.9 Å². The lowest BCUT2D eigenvalue weighted by Gasteiger charge is -2.34. The normalized spacial score (nSPS) is 12.6. The van der Waals surface area contributed by atoms with Crippen LogP contribution in [0.3, 0.4) is 0 Å². The first-order valence-electron chi connectivity index (χ1n) is 12.5. The van der Waals surface area contributed by atoms with Crippen LogP contribution in [0.25, 0.3) is 0 Å². The van der Waals surface area contributed by atoms with E-state index in [1.807, 2.05) is 74.5 Å². The molecular formula is C29H40N2O5. The van der Waals surface area contributed by atoms with Gasteiger partial charge in [-0.2, -0.15) is 0 Å². The summed E-state index contributed by atoms with van der Waals surface area (Å²) in [7, 11) is 0. The molecule has 0 fully saturated rings. The lowest BCUT2D eigenvalue weighted by atomic mass is 9.71. The Morgan fingerprint density at radius 2 is 1.53 bits per heavy atom. The van der Waals surface area contributed by atoms with Crippen LogP contribution in [0, 0.1) is 11.3 Å². The van der Waals surface area contributed by atoms with Crippen molar-refractivity contribution in [2.75, 3.05) is 39.5 Å². The SMILES string of the molecule is CCC(C(=O)NCC(C)(C)COCC(C)CNC(=O)COCC=O)(c1ccccc1)c1ccccc1. The number of aldehydes is 1. The van der Waals surface area contributed by atoms with Crippen molar-refractivity contribution in [1.82, 2.24) is 10.6 Å². The fourth-order valence-corrected chi connectivity index (χ4v) is 4.10. The predicted molar refractivity (Wildman–Crippen MR) is 141 cm³/mol. The van der Waals surface area contributed by atoms with Crippen LogP contribution in [0.4, 0.5) is 0 Å². The number of benzene rings is 2. The third kappa shape index (κ3) is 8.57. The van der Waals surface area contributed by atoms with E-state index >= 15 is 0 Å². The van der Waals surface area contributed by atoms with Crippen molar-refractivity contribution in [1.29, 1.82) is 0 Å². The highest BCUT2D eigenvalue weighted by molar-refractivity contribution is 5.92. The van der Waals surface area contributed by atoms with E-state index in [0.717, 1.165) is 11.1 Å². The van der Waals surface area contributed by atoms with Crippen molar-refractivity contribution >= 4 is 18.1 Å². The Balaban J connectivity index is 1.92. The Kier molecular flexibility index (Phi) is 11.8. The minimum Gasteiger partial charge on any atom is -0.380 e. The molecule has 0 heterocycles. The predicted octanol–water partition coefficient (Wildman–Crippen LogP) is 3.51. The topological polar surface area (TPSA) is 93.7 Å². The van der Waals surface area contributed by atoms with Crippen molar-refractivity contribution in [2.45, 2.75) is 39.5 Å². The molecule has 0 bridgehead atoms. The zero-order valence-electron chi connectivity index (χ0n) is 21.9. The van der Waals surface area contributed by atoms with Crippen molar-refractivity contribution in [2.24, 2.45) is 11.3 Å². The fraction of sp³-hybridized carbons (Fsp3) is 0.483. The Morgan fingerprint density at radius 3 is 2.06 bits per heavy atom. The van der Waals surface area contributed by atoms with Gasteiger partial charge in [0, 0.05) is 18.5 Å². The summed E-state index contributed by atoms with van der Waals surface area (Å²) in [5.74, 6) is -0.180. The lowest BCUT2D eigenvalue weighted by molar-refractivity contribution is -0.127. The minimum absolute atomic E-state index is 0.0247. The van der Waals surface area contributed by atoms with E-state index in [0.29, 0.717) is 39.0 Å². The first kappa shape index (κ1) is 29.2. The minimum atomic E-state index is -0.776. The highest BCUT2D eigenvalue weighted by Gasteiger charge is 2.40. The summed E-state index contributed by atoms with van der Waals surface area (Å²) < 4.78 is 10.8. The van der Waals surface area contributed by atoms with Crippen LogP contribution in [0.2, 0.25) is 0 Å². The molecular weight excluding hydrogens is 456 g/mol. The summed E-state index contributed by atoms with van der Waals surface area (Å²) in [5, 5.41) is 5.97. The molecule has 0 aliphatic carbocycles. The Morgan fingerprint density at radius 1 is 0.944 bits per heavy atom. The van der Waals surface area contributed by atoms with Crippen LogP contribution >= 0.6 is 0 Å². The largest absolute Gasteiger partial charge is 0.380 e. The molecule has 0 spiro atoms. The Labute approximate surface area is 215 Å². The second-order valence-electron chi connectivity index (χ2n) is 9.94. The van der Waals surface area contributed by atoms with E-state index in [9.17, 15) is 14.4 Å². The van der Waals surface area contributed by atoms with Gasteiger partial charge in [-0.3, -0.25) is 9.59 Å². The van der Waals surface area contributed by atoms with Gasteiger partial charge in [0.15, 0.2) is 0 Å². The highest BCUT2D eigenvalue weighted by Crippen LogP contribution is 2.36. The number of amides is 2. The molecule has 0 radical (unpaired) electrons. The smallest absolute Gasteiger partial charge is 0.246 e. The zero-order valence-corrected chi connectivity index (χ0v) is 21.9. The summed E-state index contributed by atoms with van der Waals surface area (Å²) in [4.78, 5) is 35.7.